The topological polar surface area (TPSA) is 18.5 Å². The summed E-state index contributed by atoms with van der Waals surface area (Å²) in [7, 11) is 2.23. The Morgan fingerprint density at radius 3 is 2.50 bits per heavy atom. The van der Waals surface area contributed by atoms with Crippen LogP contribution in [0, 0.1) is 0 Å². The van der Waals surface area contributed by atoms with Crippen molar-refractivity contribution in [3.63, 3.8) is 0 Å². The highest BCUT2D eigenvalue weighted by Crippen LogP contribution is 2.07. The lowest BCUT2D eigenvalue weighted by Crippen LogP contribution is -2.50. The predicted octanol–water partition coefficient (Wildman–Crippen LogP) is 1.40. The number of hydrogen-bond donors (Lipinski definition) is 1. The van der Waals surface area contributed by atoms with Gasteiger partial charge in [-0.25, -0.2) is 0 Å². The molecule has 0 saturated carbocycles. The highest BCUT2D eigenvalue weighted by Gasteiger charge is 2.19. The number of likely N-dealkylation sites (N-methyl/N-ethyl adjacent to an activating group) is 1. The maximum atomic E-state index is 3.54. The van der Waals surface area contributed by atoms with E-state index in [1.807, 2.05) is 0 Å². The Labute approximate surface area is 101 Å². The highest BCUT2D eigenvalue weighted by atomic mass is 15.3. The predicted molar refractivity (Wildman–Crippen MR) is 70.9 cm³/mol. The third kappa shape index (κ3) is 5.28. The quantitative estimate of drug-likeness (QED) is 0.733. The average Bonchev–Trinajstić information content (AvgIpc) is 2.17. The van der Waals surface area contributed by atoms with Gasteiger partial charge in [-0.1, -0.05) is 0 Å². The fourth-order valence-corrected chi connectivity index (χ4v) is 2.09. The monoisotopic (exact) mass is 227 g/mol. The lowest BCUT2D eigenvalue weighted by Gasteiger charge is -2.37. The van der Waals surface area contributed by atoms with Crippen LogP contribution in [0.5, 0.6) is 0 Å². The molecule has 0 aliphatic carbocycles. The van der Waals surface area contributed by atoms with Gasteiger partial charge in [0.05, 0.1) is 0 Å². The van der Waals surface area contributed by atoms with Crippen LogP contribution in [0.1, 0.15) is 34.1 Å². The number of nitrogens with one attached hydrogen (secondary N) is 1. The summed E-state index contributed by atoms with van der Waals surface area (Å²) in [4.78, 5) is 5.04. The molecule has 0 aromatic carbocycles. The third-order valence-electron chi connectivity index (χ3n) is 3.35. The molecule has 0 bridgehead atoms. The van der Waals surface area contributed by atoms with Crippen LogP contribution < -0.4 is 5.32 Å². The van der Waals surface area contributed by atoms with Gasteiger partial charge in [0.2, 0.25) is 0 Å². The lowest BCUT2D eigenvalue weighted by molar-refractivity contribution is 0.104. The van der Waals surface area contributed by atoms with Crippen molar-refractivity contribution in [1.82, 2.24) is 15.1 Å². The van der Waals surface area contributed by atoms with Gasteiger partial charge in [0.1, 0.15) is 0 Å². The zero-order chi connectivity index (χ0) is 12.2. The Morgan fingerprint density at radius 2 is 1.94 bits per heavy atom. The van der Waals surface area contributed by atoms with E-state index in [-0.39, 0.29) is 5.54 Å². The Hall–Kier alpha value is -0.120. The number of rotatable bonds is 4. The van der Waals surface area contributed by atoms with E-state index in [1.54, 1.807) is 0 Å². The molecule has 1 N–H and O–H groups in total. The summed E-state index contributed by atoms with van der Waals surface area (Å²) in [5.41, 5.74) is 0.259. The number of piperazine rings is 1. The second kappa shape index (κ2) is 5.99. The third-order valence-corrected chi connectivity index (χ3v) is 3.35. The first kappa shape index (κ1) is 13.9. The molecule has 0 aromatic heterocycles. The van der Waals surface area contributed by atoms with E-state index in [2.05, 4.69) is 49.9 Å². The second-order valence-electron chi connectivity index (χ2n) is 6.16. The first-order valence-corrected chi connectivity index (χ1v) is 6.56. The molecule has 96 valence electrons. The van der Waals surface area contributed by atoms with Gasteiger partial charge in [-0.2, -0.15) is 0 Å². The maximum absolute atomic E-state index is 3.54. The van der Waals surface area contributed by atoms with E-state index in [1.165, 1.54) is 32.6 Å². The molecule has 1 rings (SSSR count). The van der Waals surface area contributed by atoms with E-state index < -0.39 is 0 Å². The SMILES string of the molecule is CC1CN(CCCNC(C)(C)C)CCN1C. The van der Waals surface area contributed by atoms with Gasteiger partial charge >= 0.3 is 0 Å². The van der Waals surface area contributed by atoms with Crippen molar-refractivity contribution < 1.29 is 0 Å². The average molecular weight is 227 g/mol. The van der Waals surface area contributed by atoms with E-state index in [4.69, 9.17) is 0 Å². The van der Waals surface area contributed by atoms with Crippen LogP contribution in [0.2, 0.25) is 0 Å². The van der Waals surface area contributed by atoms with Crippen molar-refractivity contribution in [1.29, 1.82) is 0 Å². The Balaban J connectivity index is 2.10. The normalized spacial score (nSPS) is 24.9. The molecule has 1 aliphatic heterocycles. The molecule has 1 heterocycles. The summed E-state index contributed by atoms with van der Waals surface area (Å²) in [6.07, 6.45) is 1.26. The zero-order valence-electron chi connectivity index (χ0n) is 11.7. The maximum Gasteiger partial charge on any atom is 0.0192 e. The van der Waals surface area contributed by atoms with E-state index in [0.29, 0.717) is 6.04 Å². The molecule has 1 atom stereocenters. The molecule has 0 amide bonds. The summed E-state index contributed by atoms with van der Waals surface area (Å²) >= 11 is 0. The summed E-state index contributed by atoms with van der Waals surface area (Å²) in [5.74, 6) is 0. The largest absolute Gasteiger partial charge is 0.312 e. The van der Waals surface area contributed by atoms with Crippen LogP contribution in [0.3, 0.4) is 0 Å². The van der Waals surface area contributed by atoms with Gasteiger partial charge in [0, 0.05) is 31.2 Å². The van der Waals surface area contributed by atoms with Crippen LogP contribution in [0.4, 0.5) is 0 Å². The molecule has 1 fully saturated rings. The summed E-state index contributed by atoms with van der Waals surface area (Å²) in [6, 6.07) is 0.712. The van der Waals surface area contributed by atoms with Crippen molar-refractivity contribution in [2.24, 2.45) is 0 Å². The van der Waals surface area contributed by atoms with Crippen LogP contribution in [0.25, 0.3) is 0 Å². The molecule has 3 nitrogen and oxygen atoms in total. The van der Waals surface area contributed by atoms with Gasteiger partial charge in [-0.3, -0.25) is 0 Å². The number of nitrogens with zero attached hydrogens (tertiary/aromatic N) is 2. The molecule has 1 unspecified atom stereocenters. The fraction of sp³-hybridized carbons (Fsp3) is 1.00. The van der Waals surface area contributed by atoms with Crippen molar-refractivity contribution in [2.75, 3.05) is 39.8 Å². The molecule has 3 heteroatoms. The minimum Gasteiger partial charge on any atom is -0.312 e. The molecule has 16 heavy (non-hydrogen) atoms. The summed E-state index contributed by atoms with van der Waals surface area (Å²) in [6.45, 7) is 15.0. The van der Waals surface area contributed by atoms with E-state index >= 15 is 0 Å². The first-order chi connectivity index (χ1) is 7.38. The van der Waals surface area contributed by atoms with Gasteiger partial charge in [-0.15, -0.1) is 0 Å². The van der Waals surface area contributed by atoms with E-state index in [0.717, 1.165) is 6.54 Å². The van der Waals surface area contributed by atoms with Crippen molar-refractivity contribution >= 4 is 0 Å². The minimum absolute atomic E-state index is 0.259. The smallest absolute Gasteiger partial charge is 0.0192 e. The van der Waals surface area contributed by atoms with Crippen LogP contribution in [-0.4, -0.2) is 61.2 Å². The van der Waals surface area contributed by atoms with Gasteiger partial charge in [0.15, 0.2) is 0 Å². The molecule has 0 spiro atoms. The van der Waals surface area contributed by atoms with Crippen molar-refractivity contribution in [2.45, 2.75) is 45.7 Å². The lowest BCUT2D eigenvalue weighted by atomic mass is 10.1. The fourth-order valence-electron chi connectivity index (χ4n) is 2.09. The van der Waals surface area contributed by atoms with Crippen molar-refractivity contribution in [3.05, 3.63) is 0 Å². The Bertz CT molecular complexity index is 198. The molecule has 1 aliphatic rings. The summed E-state index contributed by atoms with van der Waals surface area (Å²) < 4.78 is 0. The van der Waals surface area contributed by atoms with Crippen LogP contribution in [0.15, 0.2) is 0 Å². The summed E-state index contributed by atoms with van der Waals surface area (Å²) in [5, 5.41) is 3.54. The number of hydrogen-bond acceptors (Lipinski definition) is 3. The van der Waals surface area contributed by atoms with Gasteiger partial charge in [-0.05, 0) is 54.3 Å². The molecular formula is C13H29N3. The van der Waals surface area contributed by atoms with Gasteiger partial charge in [0.25, 0.3) is 0 Å². The highest BCUT2D eigenvalue weighted by molar-refractivity contribution is 4.77. The Morgan fingerprint density at radius 1 is 1.25 bits per heavy atom. The standard InChI is InChI=1S/C13H29N3/c1-12-11-16(10-9-15(12)5)8-6-7-14-13(2,3)4/h12,14H,6-11H2,1-5H3. The second-order valence-corrected chi connectivity index (χ2v) is 6.16. The Kier molecular flexibility index (Phi) is 5.22. The van der Waals surface area contributed by atoms with Crippen LogP contribution >= 0.6 is 0 Å². The molecular weight excluding hydrogens is 198 g/mol. The first-order valence-electron chi connectivity index (χ1n) is 6.56. The zero-order valence-corrected chi connectivity index (χ0v) is 11.7. The minimum atomic E-state index is 0.259. The molecule has 0 radical (unpaired) electrons. The van der Waals surface area contributed by atoms with Crippen LogP contribution in [-0.2, 0) is 0 Å². The van der Waals surface area contributed by atoms with Gasteiger partial charge < -0.3 is 15.1 Å². The molecule has 0 aromatic rings. The molecule has 1 saturated heterocycles. The van der Waals surface area contributed by atoms with E-state index in [9.17, 15) is 0 Å². The van der Waals surface area contributed by atoms with Crippen molar-refractivity contribution in [3.8, 4) is 0 Å².